The number of carboxylic acid groups (broad SMARTS) is 1. The molecule has 0 radical (unpaired) electrons. The summed E-state index contributed by atoms with van der Waals surface area (Å²) in [6.07, 6.45) is 3.54. The lowest BCUT2D eigenvalue weighted by Gasteiger charge is -2.38. The van der Waals surface area contributed by atoms with E-state index < -0.39 is 5.97 Å². The Morgan fingerprint density at radius 3 is 2.78 bits per heavy atom. The van der Waals surface area contributed by atoms with E-state index in [0.29, 0.717) is 22.7 Å². The molecule has 1 aromatic carbocycles. The van der Waals surface area contributed by atoms with E-state index in [2.05, 4.69) is 35.1 Å². The average Bonchev–Trinajstić information content (AvgIpc) is 3.55. The van der Waals surface area contributed by atoms with Crippen molar-refractivity contribution in [3.63, 3.8) is 0 Å². The number of thioether (sulfide) groups is 1. The molecule has 9 heteroatoms. The van der Waals surface area contributed by atoms with Gasteiger partial charge in [-0.2, -0.15) is 5.26 Å². The number of rotatable bonds is 9. The largest absolute Gasteiger partial charge is 0.477 e. The molecule has 184 valence electrons. The quantitative estimate of drug-likeness (QED) is 0.278. The van der Waals surface area contributed by atoms with Gasteiger partial charge in [-0.3, -0.25) is 9.80 Å². The summed E-state index contributed by atoms with van der Waals surface area (Å²) in [5.74, 6) is 6.15. The maximum absolute atomic E-state index is 12.5. The van der Waals surface area contributed by atoms with Gasteiger partial charge < -0.3 is 5.11 Å². The minimum Gasteiger partial charge on any atom is -0.477 e. The summed E-state index contributed by atoms with van der Waals surface area (Å²) in [5, 5.41) is 24.2. The van der Waals surface area contributed by atoms with Gasteiger partial charge in [0.2, 0.25) is 0 Å². The van der Waals surface area contributed by atoms with Crippen LogP contribution in [0.4, 0.5) is 4.79 Å². The number of carbonyl (C=O) groups excluding carboxylic acids is 1. The third-order valence-corrected chi connectivity index (χ3v) is 8.53. The SMILES string of the molecule is N#Cc1sccc1C#Cc1cccc(CCCCN2CCSC(=O)N2CCc2ccc(C(=O)O)s2)c1. The van der Waals surface area contributed by atoms with E-state index in [-0.39, 0.29) is 5.24 Å². The number of benzene rings is 1. The Balaban J connectivity index is 1.27. The van der Waals surface area contributed by atoms with Crippen LogP contribution in [0.3, 0.4) is 0 Å². The first kappa shape index (κ1) is 26.0. The fourth-order valence-corrected chi connectivity index (χ4v) is 6.23. The average molecular weight is 536 g/mol. The third kappa shape index (κ3) is 6.99. The Morgan fingerprint density at radius 2 is 1.97 bits per heavy atom. The number of carbonyl (C=O) groups is 2. The van der Waals surface area contributed by atoms with Crippen molar-refractivity contribution in [2.75, 3.05) is 25.4 Å². The zero-order valence-electron chi connectivity index (χ0n) is 19.6. The van der Waals surface area contributed by atoms with E-state index in [1.807, 2.05) is 34.7 Å². The van der Waals surface area contributed by atoms with Crippen LogP contribution in [0.15, 0.2) is 47.8 Å². The highest BCUT2D eigenvalue weighted by atomic mass is 32.2. The molecule has 0 unspecified atom stereocenters. The summed E-state index contributed by atoms with van der Waals surface area (Å²) in [6.45, 7) is 2.20. The second-order valence-corrected chi connectivity index (χ2v) is 11.3. The van der Waals surface area contributed by atoms with Gasteiger partial charge >= 0.3 is 5.97 Å². The number of hydrazine groups is 1. The summed E-state index contributed by atoms with van der Waals surface area (Å²) in [5.41, 5.74) is 2.93. The molecule has 2 aromatic heterocycles. The molecule has 3 aromatic rings. The third-order valence-electron chi connectivity index (χ3n) is 5.74. The minimum atomic E-state index is -0.911. The summed E-state index contributed by atoms with van der Waals surface area (Å²) in [7, 11) is 0. The molecule has 0 aliphatic carbocycles. The zero-order valence-corrected chi connectivity index (χ0v) is 22.1. The first-order chi connectivity index (χ1) is 17.5. The minimum absolute atomic E-state index is 0.0627. The second kappa shape index (κ2) is 12.8. The van der Waals surface area contributed by atoms with Crippen LogP contribution in [0, 0.1) is 23.2 Å². The predicted octanol–water partition coefficient (Wildman–Crippen LogP) is 5.73. The molecule has 36 heavy (non-hydrogen) atoms. The Bertz CT molecular complexity index is 1330. The number of amides is 1. The normalized spacial score (nSPS) is 13.8. The summed E-state index contributed by atoms with van der Waals surface area (Å²) in [6, 6.07) is 15.7. The van der Waals surface area contributed by atoms with Crippen molar-refractivity contribution in [3.05, 3.63) is 79.2 Å². The number of aromatic carboxylic acids is 1. The number of carboxylic acids is 1. The van der Waals surface area contributed by atoms with Crippen molar-refractivity contribution in [2.24, 2.45) is 0 Å². The molecule has 0 atom stereocenters. The number of hydrogen-bond acceptors (Lipinski definition) is 7. The molecular weight excluding hydrogens is 511 g/mol. The Labute approximate surface area is 223 Å². The van der Waals surface area contributed by atoms with Crippen LogP contribution >= 0.6 is 34.4 Å². The van der Waals surface area contributed by atoms with Crippen LogP contribution in [-0.4, -0.2) is 51.7 Å². The molecule has 0 saturated carbocycles. The van der Waals surface area contributed by atoms with Crippen molar-refractivity contribution in [1.82, 2.24) is 10.0 Å². The molecule has 4 rings (SSSR count). The van der Waals surface area contributed by atoms with Crippen molar-refractivity contribution in [3.8, 4) is 17.9 Å². The molecule has 1 aliphatic heterocycles. The molecule has 1 aliphatic rings. The summed E-state index contributed by atoms with van der Waals surface area (Å²) in [4.78, 5) is 25.6. The molecule has 3 heterocycles. The Hall–Kier alpha value is -3.08. The van der Waals surface area contributed by atoms with E-state index >= 15 is 0 Å². The summed E-state index contributed by atoms with van der Waals surface area (Å²) < 4.78 is 0. The van der Waals surface area contributed by atoms with E-state index in [9.17, 15) is 9.59 Å². The fraction of sp³-hybridized carbons (Fsp3) is 0.296. The van der Waals surface area contributed by atoms with Crippen molar-refractivity contribution in [2.45, 2.75) is 25.7 Å². The predicted molar refractivity (Wildman–Crippen MR) is 146 cm³/mol. The topological polar surface area (TPSA) is 84.6 Å². The molecule has 0 spiro atoms. The zero-order chi connectivity index (χ0) is 25.3. The van der Waals surface area contributed by atoms with Crippen LogP contribution in [0.2, 0.25) is 0 Å². The molecule has 1 fully saturated rings. The maximum Gasteiger partial charge on any atom is 0.345 e. The van der Waals surface area contributed by atoms with Gasteiger partial charge in [-0.05, 0) is 60.5 Å². The number of thiophene rings is 2. The number of hydrogen-bond donors (Lipinski definition) is 1. The molecule has 1 N–H and O–H groups in total. The molecule has 6 nitrogen and oxygen atoms in total. The van der Waals surface area contributed by atoms with Gasteiger partial charge in [-0.15, -0.1) is 22.7 Å². The van der Waals surface area contributed by atoms with Gasteiger partial charge in [-0.1, -0.05) is 35.7 Å². The van der Waals surface area contributed by atoms with E-state index in [0.717, 1.165) is 54.1 Å². The van der Waals surface area contributed by atoms with Gasteiger partial charge in [0.15, 0.2) is 0 Å². The van der Waals surface area contributed by atoms with Crippen LogP contribution in [0.25, 0.3) is 0 Å². The lowest BCUT2D eigenvalue weighted by atomic mass is 10.0. The molecular formula is C27H25N3O3S3. The maximum atomic E-state index is 12.5. The Morgan fingerprint density at radius 1 is 1.08 bits per heavy atom. The highest BCUT2D eigenvalue weighted by Gasteiger charge is 2.26. The van der Waals surface area contributed by atoms with Crippen LogP contribution in [0.5, 0.6) is 0 Å². The van der Waals surface area contributed by atoms with Crippen LogP contribution < -0.4 is 0 Å². The Kier molecular flexibility index (Phi) is 9.21. The highest BCUT2D eigenvalue weighted by Crippen LogP contribution is 2.22. The first-order valence-electron chi connectivity index (χ1n) is 11.6. The smallest absolute Gasteiger partial charge is 0.345 e. The number of nitrogens with zero attached hydrogens (tertiary/aromatic N) is 3. The van der Waals surface area contributed by atoms with Crippen molar-refractivity contribution in [1.29, 1.82) is 5.26 Å². The van der Waals surface area contributed by atoms with E-state index in [4.69, 9.17) is 10.4 Å². The highest BCUT2D eigenvalue weighted by molar-refractivity contribution is 8.13. The van der Waals surface area contributed by atoms with Crippen molar-refractivity contribution < 1.29 is 14.7 Å². The number of unbranched alkanes of at least 4 members (excludes halogenated alkanes) is 1. The van der Waals surface area contributed by atoms with Crippen LogP contribution in [0.1, 0.15) is 49.0 Å². The van der Waals surface area contributed by atoms with Gasteiger partial charge in [0.05, 0.1) is 5.56 Å². The number of nitriles is 1. The van der Waals surface area contributed by atoms with Gasteiger partial charge in [0.1, 0.15) is 15.8 Å². The van der Waals surface area contributed by atoms with Crippen molar-refractivity contribution >= 4 is 45.6 Å². The second-order valence-electron chi connectivity index (χ2n) is 8.19. The number of aryl methyl sites for hydroxylation is 1. The standard InChI is InChI=1S/C27H25N3O3S3/c28-19-25-22(12-16-34-25)8-7-21-6-3-5-20(18-21)4-1-2-13-29-15-17-35-27(33)30(29)14-11-23-9-10-24(36-23)26(31)32/h3,5-6,9-10,12,16,18H,1-2,4,11,13-15,17H2,(H,31,32). The molecule has 1 amide bonds. The monoisotopic (exact) mass is 535 g/mol. The first-order valence-corrected chi connectivity index (χ1v) is 14.3. The van der Waals surface area contributed by atoms with Crippen LogP contribution in [-0.2, 0) is 12.8 Å². The lowest BCUT2D eigenvalue weighted by Crippen LogP contribution is -2.50. The van der Waals surface area contributed by atoms with E-state index in [1.165, 1.54) is 40.0 Å². The van der Waals surface area contributed by atoms with Gasteiger partial charge in [0, 0.05) is 42.2 Å². The van der Waals surface area contributed by atoms with Gasteiger partial charge in [0.25, 0.3) is 5.24 Å². The fourth-order valence-electron chi connectivity index (χ4n) is 3.92. The lowest BCUT2D eigenvalue weighted by molar-refractivity contribution is 0.0270. The van der Waals surface area contributed by atoms with E-state index in [1.54, 1.807) is 6.07 Å². The summed E-state index contributed by atoms with van der Waals surface area (Å²) >= 11 is 4.02. The molecule has 1 saturated heterocycles. The van der Waals surface area contributed by atoms with Gasteiger partial charge in [-0.25, -0.2) is 9.80 Å². The molecule has 0 bridgehead atoms.